The van der Waals surface area contributed by atoms with Gasteiger partial charge in [0.1, 0.15) is 11.6 Å². The Kier molecular flexibility index (Phi) is 8.38. The van der Waals surface area contributed by atoms with Crippen molar-refractivity contribution in [3.63, 3.8) is 0 Å². The van der Waals surface area contributed by atoms with E-state index in [0.29, 0.717) is 25.1 Å². The van der Waals surface area contributed by atoms with Crippen molar-refractivity contribution >= 4 is 24.2 Å². The van der Waals surface area contributed by atoms with Gasteiger partial charge in [0, 0.05) is 12.1 Å². The van der Waals surface area contributed by atoms with Crippen molar-refractivity contribution < 1.29 is 22.9 Å². The Hall–Kier alpha value is -3.03. The normalized spacial score (nSPS) is 16.9. The Morgan fingerprint density at radius 1 is 0.842 bits per heavy atom. The minimum absolute atomic E-state index is 0.0297. The first-order valence-corrected chi connectivity index (χ1v) is 13.2. The molecule has 200 valence electrons. The maximum atomic E-state index is 13.6. The molecule has 0 bridgehead atoms. The minimum Gasteiger partial charge on any atom is -0.399 e. The second-order valence-electron chi connectivity index (χ2n) is 11.1. The quantitative estimate of drug-likeness (QED) is 0.293. The molecule has 0 N–H and O–H groups in total. The number of benzene rings is 3. The van der Waals surface area contributed by atoms with E-state index in [2.05, 4.69) is 6.92 Å². The topological polar surface area (TPSA) is 38.8 Å². The van der Waals surface area contributed by atoms with Gasteiger partial charge < -0.3 is 14.2 Å². The average Bonchev–Trinajstić information content (AvgIpc) is 3.10. The number of amides is 1. The van der Waals surface area contributed by atoms with Crippen LogP contribution >= 0.6 is 0 Å². The van der Waals surface area contributed by atoms with Gasteiger partial charge >= 0.3 is 7.12 Å². The van der Waals surface area contributed by atoms with Crippen LogP contribution in [0.3, 0.4) is 0 Å². The summed E-state index contributed by atoms with van der Waals surface area (Å²) in [6.07, 6.45) is 1.85. The molecule has 3 aromatic carbocycles. The molecule has 0 radical (unpaired) electrons. The molecule has 1 saturated heterocycles. The van der Waals surface area contributed by atoms with Gasteiger partial charge in [-0.15, -0.1) is 0 Å². The van der Waals surface area contributed by atoms with Crippen LogP contribution in [0, 0.1) is 11.6 Å². The predicted molar refractivity (Wildman–Crippen MR) is 148 cm³/mol. The molecule has 0 aromatic heterocycles. The first kappa shape index (κ1) is 28.0. The fraction of sp³-hybridized carbons (Fsp3) is 0.387. The standard InChI is InChI=1S/C31H36BF2NO3/c1-22(24-11-15-26(33)16-12-24)7-6-8-29(36)35(28-19-17-27(34)18-20-28)21-23-9-13-25(14-10-23)32-37-30(2,3)31(4,5)38-32/h9-20,22H,6-8,21H2,1-5H3. The molecule has 0 aliphatic carbocycles. The highest BCUT2D eigenvalue weighted by Crippen LogP contribution is 2.36. The van der Waals surface area contributed by atoms with Crippen molar-refractivity contribution in [3.05, 3.63) is 95.6 Å². The van der Waals surface area contributed by atoms with E-state index in [1.54, 1.807) is 29.2 Å². The van der Waals surface area contributed by atoms with Crippen LogP contribution in [-0.4, -0.2) is 24.2 Å². The summed E-state index contributed by atoms with van der Waals surface area (Å²) >= 11 is 0. The Morgan fingerprint density at radius 2 is 1.37 bits per heavy atom. The van der Waals surface area contributed by atoms with E-state index < -0.39 is 18.3 Å². The van der Waals surface area contributed by atoms with Crippen LogP contribution in [0.1, 0.15) is 70.9 Å². The number of hydrogen-bond donors (Lipinski definition) is 0. The van der Waals surface area contributed by atoms with Crippen molar-refractivity contribution in [2.75, 3.05) is 4.90 Å². The number of carbonyl (C=O) groups is 1. The molecular formula is C31H36BF2NO3. The third-order valence-electron chi connectivity index (χ3n) is 7.75. The maximum absolute atomic E-state index is 13.6. The zero-order valence-electron chi connectivity index (χ0n) is 22.8. The molecule has 1 atom stereocenters. The van der Waals surface area contributed by atoms with E-state index in [1.807, 2.05) is 52.0 Å². The van der Waals surface area contributed by atoms with Gasteiger partial charge in [-0.25, -0.2) is 8.78 Å². The van der Waals surface area contributed by atoms with Gasteiger partial charge in [0.05, 0.1) is 17.7 Å². The lowest BCUT2D eigenvalue weighted by Crippen LogP contribution is -2.41. The highest BCUT2D eigenvalue weighted by Gasteiger charge is 2.51. The summed E-state index contributed by atoms with van der Waals surface area (Å²) in [6.45, 7) is 10.5. The average molecular weight is 519 g/mol. The van der Waals surface area contributed by atoms with Crippen molar-refractivity contribution in [2.24, 2.45) is 0 Å². The van der Waals surface area contributed by atoms with Crippen molar-refractivity contribution in [3.8, 4) is 0 Å². The number of rotatable bonds is 9. The lowest BCUT2D eigenvalue weighted by Gasteiger charge is -2.32. The summed E-state index contributed by atoms with van der Waals surface area (Å²) in [7, 11) is -0.452. The zero-order chi connectivity index (χ0) is 27.5. The van der Waals surface area contributed by atoms with Crippen LogP contribution in [0.15, 0.2) is 72.8 Å². The SMILES string of the molecule is CC(CCCC(=O)N(Cc1ccc(B2OC(C)(C)C(C)(C)O2)cc1)c1ccc(F)cc1)c1ccc(F)cc1. The van der Waals surface area contributed by atoms with E-state index in [-0.39, 0.29) is 23.5 Å². The fourth-order valence-electron chi connectivity index (χ4n) is 4.54. The van der Waals surface area contributed by atoms with E-state index in [9.17, 15) is 13.6 Å². The van der Waals surface area contributed by atoms with Crippen molar-refractivity contribution in [1.82, 2.24) is 0 Å². The largest absolute Gasteiger partial charge is 0.494 e. The number of carbonyl (C=O) groups excluding carboxylic acids is 1. The van der Waals surface area contributed by atoms with E-state index >= 15 is 0 Å². The van der Waals surface area contributed by atoms with Crippen LogP contribution in [0.2, 0.25) is 0 Å². The van der Waals surface area contributed by atoms with Gasteiger partial charge in [0.15, 0.2) is 0 Å². The molecular weight excluding hydrogens is 483 g/mol. The van der Waals surface area contributed by atoms with Crippen LogP contribution < -0.4 is 10.4 Å². The molecule has 0 saturated carbocycles. The molecule has 1 unspecified atom stereocenters. The van der Waals surface area contributed by atoms with Crippen LogP contribution in [0.4, 0.5) is 14.5 Å². The molecule has 1 amide bonds. The Bertz CT molecular complexity index is 1210. The van der Waals surface area contributed by atoms with Gasteiger partial charge in [-0.2, -0.15) is 0 Å². The third kappa shape index (κ3) is 6.51. The Balaban J connectivity index is 1.43. The highest BCUT2D eigenvalue weighted by atomic mass is 19.1. The first-order chi connectivity index (χ1) is 17.9. The second kappa shape index (κ2) is 11.4. The molecule has 1 aliphatic rings. The predicted octanol–water partition coefficient (Wildman–Crippen LogP) is 6.77. The monoisotopic (exact) mass is 519 g/mol. The number of anilines is 1. The summed E-state index contributed by atoms with van der Waals surface area (Å²) < 4.78 is 39.1. The molecule has 1 fully saturated rings. The Labute approximate surface area is 225 Å². The molecule has 4 rings (SSSR count). The van der Waals surface area contributed by atoms with Crippen LogP contribution in [-0.2, 0) is 20.6 Å². The van der Waals surface area contributed by atoms with Gasteiger partial charge in [-0.3, -0.25) is 4.79 Å². The van der Waals surface area contributed by atoms with Gasteiger partial charge in [-0.05, 0) is 99.4 Å². The van der Waals surface area contributed by atoms with E-state index in [1.165, 1.54) is 24.3 Å². The fourth-order valence-corrected chi connectivity index (χ4v) is 4.54. The molecule has 1 aliphatic heterocycles. The first-order valence-electron chi connectivity index (χ1n) is 13.2. The summed E-state index contributed by atoms with van der Waals surface area (Å²) in [6, 6.07) is 20.4. The zero-order valence-corrected chi connectivity index (χ0v) is 22.8. The molecule has 38 heavy (non-hydrogen) atoms. The minimum atomic E-state index is -0.452. The van der Waals surface area contributed by atoms with Crippen molar-refractivity contribution in [2.45, 2.75) is 77.5 Å². The smallest absolute Gasteiger partial charge is 0.399 e. The van der Waals surface area contributed by atoms with Gasteiger partial charge in [-0.1, -0.05) is 43.3 Å². The number of hydrogen-bond acceptors (Lipinski definition) is 3. The lowest BCUT2D eigenvalue weighted by molar-refractivity contribution is -0.118. The lowest BCUT2D eigenvalue weighted by atomic mass is 9.79. The third-order valence-corrected chi connectivity index (χ3v) is 7.75. The Morgan fingerprint density at radius 3 is 1.92 bits per heavy atom. The number of nitrogens with zero attached hydrogens (tertiary/aromatic N) is 1. The molecule has 7 heteroatoms. The van der Waals surface area contributed by atoms with Crippen LogP contribution in [0.5, 0.6) is 0 Å². The van der Waals surface area contributed by atoms with Gasteiger partial charge in [0.25, 0.3) is 0 Å². The van der Waals surface area contributed by atoms with Crippen molar-refractivity contribution in [1.29, 1.82) is 0 Å². The summed E-state index contributed by atoms with van der Waals surface area (Å²) in [4.78, 5) is 15.1. The molecule has 1 heterocycles. The number of halogens is 2. The summed E-state index contributed by atoms with van der Waals surface area (Å²) in [5.74, 6) is -0.417. The van der Waals surface area contributed by atoms with E-state index in [4.69, 9.17) is 9.31 Å². The van der Waals surface area contributed by atoms with E-state index in [0.717, 1.165) is 23.0 Å². The summed E-state index contributed by atoms with van der Waals surface area (Å²) in [5, 5.41) is 0. The second-order valence-corrected chi connectivity index (χ2v) is 11.1. The maximum Gasteiger partial charge on any atom is 0.494 e. The van der Waals surface area contributed by atoms with Gasteiger partial charge in [0.2, 0.25) is 5.91 Å². The highest BCUT2D eigenvalue weighted by molar-refractivity contribution is 6.62. The molecule has 4 nitrogen and oxygen atoms in total. The van der Waals surface area contributed by atoms with Crippen LogP contribution in [0.25, 0.3) is 0 Å². The summed E-state index contributed by atoms with van der Waals surface area (Å²) in [5.41, 5.74) is 2.73. The molecule has 0 spiro atoms. The molecule has 3 aromatic rings.